The maximum Gasteiger partial charge on any atom is 0.179 e. The van der Waals surface area contributed by atoms with Crippen molar-refractivity contribution in [2.24, 2.45) is 5.10 Å². The summed E-state index contributed by atoms with van der Waals surface area (Å²) in [6, 6.07) is 12.7. The molecule has 0 spiro atoms. The molecule has 1 heterocycles. The van der Waals surface area contributed by atoms with Crippen LogP contribution in [-0.4, -0.2) is 23.0 Å². The van der Waals surface area contributed by atoms with E-state index in [9.17, 15) is 13.6 Å². The van der Waals surface area contributed by atoms with Gasteiger partial charge in [-0.25, -0.2) is 8.78 Å². The average molecular weight is 413 g/mol. The topological polar surface area (TPSA) is 32.7 Å². The zero-order valence-corrected chi connectivity index (χ0v) is 18.0. The third-order valence-electron chi connectivity index (χ3n) is 5.77. The van der Waals surface area contributed by atoms with Crippen LogP contribution in [-0.2, 0) is 10.2 Å². The van der Waals surface area contributed by atoms with Crippen LogP contribution in [0.25, 0.3) is 0 Å². The Kier molecular flexibility index (Phi) is 7.01. The highest BCUT2D eigenvalue weighted by Gasteiger charge is 2.34. The first-order valence-corrected chi connectivity index (χ1v) is 10.7. The Morgan fingerprint density at radius 2 is 1.83 bits per heavy atom. The van der Waals surface area contributed by atoms with Crippen LogP contribution in [0, 0.1) is 11.6 Å². The highest BCUT2D eigenvalue weighted by Crippen LogP contribution is 2.34. The Morgan fingerprint density at radius 1 is 1.10 bits per heavy atom. The highest BCUT2D eigenvalue weighted by molar-refractivity contribution is 6.40. The zero-order chi connectivity index (χ0) is 21.7. The molecule has 0 radical (unpaired) electrons. The number of carbonyl (C=O) groups is 1. The number of unbranched alkanes of at least 4 members (excludes halogenated alkanes) is 2. The average Bonchev–Trinajstić information content (AvgIpc) is 3.13. The highest BCUT2D eigenvalue weighted by atomic mass is 19.1. The van der Waals surface area contributed by atoms with E-state index in [1.807, 2.05) is 24.9 Å². The van der Waals surface area contributed by atoms with Gasteiger partial charge in [-0.15, -0.1) is 0 Å². The standard InChI is InChI=1S/C25H30F2N2O/c1-4-5-6-14-29-23(18-8-7-9-21(27)15-18)16-22(28-29)24(30)17-25(2,3)19-10-12-20(26)13-11-19/h7-13,15,23H,4-6,14,16-17H2,1-3H3. The van der Waals surface area contributed by atoms with Crippen molar-refractivity contribution in [1.82, 2.24) is 5.01 Å². The number of halogens is 2. The predicted molar refractivity (Wildman–Crippen MR) is 116 cm³/mol. The third-order valence-corrected chi connectivity index (χ3v) is 5.77. The van der Waals surface area contributed by atoms with Crippen molar-refractivity contribution < 1.29 is 13.6 Å². The Bertz CT molecular complexity index is 906. The number of hydrogen-bond donors (Lipinski definition) is 0. The molecule has 1 unspecified atom stereocenters. The largest absolute Gasteiger partial charge is 0.293 e. The van der Waals surface area contributed by atoms with Crippen LogP contribution >= 0.6 is 0 Å². The summed E-state index contributed by atoms with van der Waals surface area (Å²) >= 11 is 0. The van der Waals surface area contributed by atoms with Crippen molar-refractivity contribution in [1.29, 1.82) is 0 Å². The number of hydrogen-bond acceptors (Lipinski definition) is 3. The molecule has 0 bridgehead atoms. The molecule has 0 saturated heterocycles. The van der Waals surface area contributed by atoms with E-state index in [-0.39, 0.29) is 29.9 Å². The quantitative estimate of drug-likeness (QED) is 0.460. The smallest absolute Gasteiger partial charge is 0.179 e. The van der Waals surface area contributed by atoms with Crippen molar-refractivity contribution in [2.45, 2.75) is 64.3 Å². The molecule has 0 N–H and O–H groups in total. The molecular weight excluding hydrogens is 382 g/mol. The number of Topliss-reactive ketones (excluding diaryl/α,β-unsaturated/α-hetero) is 1. The molecule has 0 amide bonds. The van der Waals surface area contributed by atoms with Gasteiger partial charge in [0.05, 0.1) is 6.04 Å². The van der Waals surface area contributed by atoms with Crippen LogP contribution in [0.3, 0.4) is 0 Å². The van der Waals surface area contributed by atoms with Crippen molar-refractivity contribution in [3.05, 3.63) is 71.3 Å². The van der Waals surface area contributed by atoms with E-state index in [4.69, 9.17) is 0 Å². The monoisotopic (exact) mass is 412 g/mol. The van der Waals surface area contributed by atoms with E-state index >= 15 is 0 Å². The molecule has 3 rings (SSSR count). The lowest BCUT2D eigenvalue weighted by Crippen LogP contribution is -2.26. The van der Waals surface area contributed by atoms with Gasteiger partial charge in [0.1, 0.15) is 17.3 Å². The lowest BCUT2D eigenvalue weighted by atomic mass is 9.79. The van der Waals surface area contributed by atoms with E-state index in [0.29, 0.717) is 12.1 Å². The Morgan fingerprint density at radius 3 is 2.50 bits per heavy atom. The molecular formula is C25H30F2N2O. The molecule has 3 nitrogen and oxygen atoms in total. The molecule has 2 aromatic rings. The summed E-state index contributed by atoms with van der Waals surface area (Å²) < 4.78 is 27.1. The second kappa shape index (κ2) is 9.50. The summed E-state index contributed by atoms with van der Waals surface area (Å²) in [6.07, 6.45) is 3.93. The number of nitrogens with zero attached hydrogens (tertiary/aromatic N) is 2. The fourth-order valence-corrected chi connectivity index (χ4v) is 3.96. The Labute approximate surface area is 177 Å². The van der Waals surface area contributed by atoms with E-state index in [1.54, 1.807) is 18.2 Å². The molecule has 160 valence electrons. The molecule has 0 aromatic heterocycles. The van der Waals surface area contributed by atoms with Crippen LogP contribution < -0.4 is 0 Å². The summed E-state index contributed by atoms with van der Waals surface area (Å²) in [5.74, 6) is -0.580. The minimum atomic E-state index is -0.433. The lowest BCUT2D eigenvalue weighted by molar-refractivity contribution is -0.114. The first kappa shape index (κ1) is 22.1. The van der Waals surface area contributed by atoms with Crippen molar-refractivity contribution in [2.75, 3.05) is 6.54 Å². The molecule has 1 aliphatic heterocycles. The molecule has 2 aromatic carbocycles. The Hall–Kier alpha value is -2.56. The van der Waals surface area contributed by atoms with Crippen LogP contribution in [0.5, 0.6) is 0 Å². The summed E-state index contributed by atoms with van der Waals surface area (Å²) in [6.45, 7) is 6.85. The lowest BCUT2D eigenvalue weighted by Gasteiger charge is -2.24. The van der Waals surface area contributed by atoms with Gasteiger partial charge in [-0.05, 0) is 47.2 Å². The summed E-state index contributed by atoms with van der Waals surface area (Å²) in [4.78, 5) is 13.1. The molecule has 0 aliphatic carbocycles. The van der Waals surface area contributed by atoms with E-state index in [2.05, 4.69) is 12.0 Å². The zero-order valence-electron chi connectivity index (χ0n) is 18.0. The maximum absolute atomic E-state index is 13.8. The summed E-state index contributed by atoms with van der Waals surface area (Å²) in [5.41, 5.74) is 1.86. The number of carbonyl (C=O) groups excluding carboxylic acids is 1. The van der Waals surface area contributed by atoms with Crippen LogP contribution in [0.2, 0.25) is 0 Å². The van der Waals surface area contributed by atoms with E-state index in [0.717, 1.165) is 36.9 Å². The normalized spacial score (nSPS) is 16.6. The number of rotatable bonds is 9. The molecule has 0 saturated carbocycles. The van der Waals surface area contributed by atoms with Crippen molar-refractivity contribution in [3.8, 4) is 0 Å². The number of benzene rings is 2. The van der Waals surface area contributed by atoms with Gasteiger partial charge in [-0.2, -0.15) is 5.10 Å². The molecule has 1 aliphatic rings. The molecule has 30 heavy (non-hydrogen) atoms. The first-order valence-electron chi connectivity index (χ1n) is 10.7. The van der Waals surface area contributed by atoms with Crippen molar-refractivity contribution in [3.63, 3.8) is 0 Å². The molecule has 5 heteroatoms. The van der Waals surface area contributed by atoms with Crippen molar-refractivity contribution >= 4 is 11.5 Å². The van der Waals surface area contributed by atoms with E-state index in [1.165, 1.54) is 24.3 Å². The predicted octanol–water partition coefficient (Wildman–Crippen LogP) is 6.19. The van der Waals surface area contributed by atoms with Gasteiger partial charge in [0, 0.05) is 19.4 Å². The fraction of sp³-hybridized carbons (Fsp3) is 0.440. The SMILES string of the molecule is CCCCCN1N=C(C(=O)CC(C)(C)c2ccc(F)cc2)CC1c1cccc(F)c1. The second-order valence-corrected chi connectivity index (χ2v) is 8.68. The summed E-state index contributed by atoms with van der Waals surface area (Å²) in [7, 11) is 0. The molecule has 1 atom stereocenters. The maximum atomic E-state index is 13.8. The first-order chi connectivity index (χ1) is 14.3. The Balaban J connectivity index is 1.77. The minimum Gasteiger partial charge on any atom is -0.293 e. The fourth-order valence-electron chi connectivity index (χ4n) is 3.96. The minimum absolute atomic E-state index is 0.0104. The summed E-state index contributed by atoms with van der Waals surface area (Å²) in [5, 5.41) is 6.60. The van der Waals surface area contributed by atoms with Gasteiger partial charge in [-0.1, -0.05) is 57.9 Å². The van der Waals surface area contributed by atoms with Crippen LogP contribution in [0.1, 0.15) is 70.0 Å². The van der Waals surface area contributed by atoms with Gasteiger partial charge in [-0.3, -0.25) is 9.80 Å². The number of hydrazone groups is 1. The second-order valence-electron chi connectivity index (χ2n) is 8.68. The van der Waals surface area contributed by atoms with Gasteiger partial charge in [0.15, 0.2) is 5.78 Å². The van der Waals surface area contributed by atoms with Gasteiger partial charge < -0.3 is 0 Å². The third kappa shape index (κ3) is 5.32. The van der Waals surface area contributed by atoms with Gasteiger partial charge in [0.25, 0.3) is 0 Å². The van der Waals surface area contributed by atoms with Crippen LogP contribution in [0.15, 0.2) is 53.6 Å². The van der Waals surface area contributed by atoms with E-state index < -0.39 is 5.41 Å². The van der Waals surface area contributed by atoms with Gasteiger partial charge in [0.2, 0.25) is 0 Å². The van der Waals surface area contributed by atoms with Gasteiger partial charge >= 0.3 is 0 Å². The van der Waals surface area contributed by atoms with Crippen LogP contribution in [0.4, 0.5) is 8.78 Å². The molecule has 0 fully saturated rings. The number of ketones is 1.